The Morgan fingerprint density at radius 3 is 2.58 bits per heavy atom. The molecule has 1 amide bonds. The Kier molecular flexibility index (Phi) is 5.51. The number of hydrogen-bond acceptors (Lipinski definition) is 5. The molecular weight excluding hydrogens is 334 g/mol. The first-order valence-electron chi connectivity index (χ1n) is 9.06. The Morgan fingerprint density at radius 1 is 1.12 bits per heavy atom. The van der Waals surface area contributed by atoms with Crippen molar-refractivity contribution in [2.45, 2.75) is 25.7 Å². The molecule has 1 saturated heterocycles. The van der Waals surface area contributed by atoms with Gasteiger partial charge in [-0.2, -0.15) is 0 Å². The number of likely N-dealkylation sites (tertiary alicyclic amines) is 1. The Morgan fingerprint density at radius 2 is 1.85 bits per heavy atom. The predicted molar refractivity (Wildman–Crippen MR) is 99.5 cm³/mol. The Bertz CT molecular complexity index is 925. The maximum absolute atomic E-state index is 12.3. The summed E-state index contributed by atoms with van der Waals surface area (Å²) in [6, 6.07) is 3.07. The largest absolute Gasteiger partial charge is 0.351 e. The van der Waals surface area contributed by atoms with Crippen LogP contribution in [0, 0.1) is 0 Å². The fourth-order valence-electron chi connectivity index (χ4n) is 3.36. The van der Waals surface area contributed by atoms with Gasteiger partial charge in [0.1, 0.15) is 11.3 Å². The van der Waals surface area contributed by atoms with Crippen LogP contribution in [0.5, 0.6) is 0 Å². The van der Waals surface area contributed by atoms with E-state index in [0.717, 1.165) is 30.6 Å². The fraction of sp³-hybridized carbons (Fsp3) is 0.556. The van der Waals surface area contributed by atoms with Gasteiger partial charge in [-0.05, 0) is 51.0 Å². The molecule has 0 aromatic carbocycles. The van der Waals surface area contributed by atoms with Gasteiger partial charge >= 0.3 is 5.69 Å². The lowest BCUT2D eigenvalue weighted by Gasteiger charge is -2.26. The number of aryl methyl sites for hydroxylation is 1. The normalized spacial score (nSPS) is 15.3. The number of carbonyl (C=O) groups is 1. The number of aromatic nitrogens is 3. The standard InChI is InChI=1S/C18H25N5O3/c1-21-15-13(17(25)22(2)18(21)26)7-8-14(20-15)16(24)19-9-6-12-23-10-4-3-5-11-23/h7-8H,3-6,9-12H2,1-2H3,(H,19,24). The maximum Gasteiger partial charge on any atom is 0.332 e. The quantitative estimate of drug-likeness (QED) is 0.773. The molecule has 1 aliphatic rings. The van der Waals surface area contributed by atoms with E-state index in [1.165, 1.54) is 44.0 Å². The molecular formula is C18H25N5O3. The molecule has 140 valence electrons. The molecule has 0 bridgehead atoms. The van der Waals surface area contributed by atoms with Crippen LogP contribution in [-0.4, -0.2) is 51.1 Å². The van der Waals surface area contributed by atoms with Gasteiger partial charge in [0.05, 0.1) is 5.39 Å². The Balaban J connectivity index is 1.67. The molecule has 2 aromatic rings. The van der Waals surface area contributed by atoms with Crippen LogP contribution in [0.25, 0.3) is 11.0 Å². The number of fused-ring (bicyclic) bond motifs is 1. The lowest BCUT2D eigenvalue weighted by molar-refractivity contribution is 0.0946. The third-order valence-electron chi connectivity index (χ3n) is 4.92. The third kappa shape index (κ3) is 3.70. The molecule has 1 fully saturated rings. The first-order valence-corrected chi connectivity index (χ1v) is 9.06. The summed E-state index contributed by atoms with van der Waals surface area (Å²) in [7, 11) is 2.96. The average molecular weight is 359 g/mol. The van der Waals surface area contributed by atoms with E-state index < -0.39 is 11.2 Å². The second-order valence-electron chi connectivity index (χ2n) is 6.79. The van der Waals surface area contributed by atoms with E-state index in [2.05, 4.69) is 15.2 Å². The van der Waals surface area contributed by atoms with Crippen molar-refractivity contribution >= 4 is 16.9 Å². The van der Waals surface area contributed by atoms with Crippen molar-refractivity contribution in [1.82, 2.24) is 24.3 Å². The number of carbonyl (C=O) groups excluding carboxylic acids is 1. The topological polar surface area (TPSA) is 89.2 Å². The summed E-state index contributed by atoms with van der Waals surface area (Å²) in [5.41, 5.74) is -0.448. The van der Waals surface area contributed by atoms with Crippen molar-refractivity contribution in [3.63, 3.8) is 0 Å². The minimum atomic E-state index is -0.464. The van der Waals surface area contributed by atoms with Gasteiger partial charge in [-0.15, -0.1) is 0 Å². The highest BCUT2D eigenvalue weighted by Crippen LogP contribution is 2.09. The Hall–Kier alpha value is -2.48. The molecule has 26 heavy (non-hydrogen) atoms. The van der Waals surface area contributed by atoms with Crippen LogP contribution < -0.4 is 16.6 Å². The molecule has 8 nitrogen and oxygen atoms in total. The number of hydrogen-bond donors (Lipinski definition) is 1. The van der Waals surface area contributed by atoms with E-state index in [-0.39, 0.29) is 17.2 Å². The van der Waals surface area contributed by atoms with Gasteiger partial charge in [-0.25, -0.2) is 9.78 Å². The number of nitrogens with zero attached hydrogens (tertiary/aromatic N) is 4. The van der Waals surface area contributed by atoms with Crippen LogP contribution in [-0.2, 0) is 14.1 Å². The van der Waals surface area contributed by atoms with E-state index in [9.17, 15) is 14.4 Å². The minimum Gasteiger partial charge on any atom is -0.351 e. The van der Waals surface area contributed by atoms with Crippen molar-refractivity contribution < 1.29 is 4.79 Å². The van der Waals surface area contributed by atoms with Crippen molar-refractivity contribution in [3.8, 4) is 0 Å². The van der Waals surface area contributed by atoms with Gasteiger partial charge in [-0.3, -0.25) is 18.7 Å². The fourth-order valence-corrected chi connectivity index (χ4v) is 3.36. The highest BCUT2D eigenvalue weighted by atomic mass is 16.2. The number of rotatable bonds is 5. The average Bonchev–Trinajstić information content (AvgIpc) is 2.68. The van der Waals surface area contributed by atoms with Gasteiger partial charge in [0, 0.05) is 20.6 Å². The number of amides is 1. The minimum absolute atomic E-state index is 0.207. The summed E-state index contributed by atoms with van der Waals surface area (Å²) in [6.45, 7) is 3.84. The zero-order valence-corrected chi connectivity index (χ0v) is 15.3. The van der Waals surface area contributed by atoms with E-state index in [0.29, 0.717) is 11.9 Å². The van der Waals surface area contributed by atoms with E-state index in [4.69, 9.17) is 0 Å². The van der Waals surface area contributed by atoms with Crippen molar-refractivity contribution in [3.05, 3.63) is 38.7 Å². The van der Waals surface area contributed by atoms with Crippen LogP contribution in [0.4, 0.5) is 0 Å². The smallest absolute Gasteiger partial charge is 0.332 e. The number of piperidine rings is 1. The van der Waals surface area contributed by atoms with Crippen LogP contribution in [0.1, 0.15) is 36.2 Å². The number of pyridine rings is 1. The molecule has 2 aromatic heterocycles. The van der Waals surface area contributed by atoms with Crippen molar-refractivity contribution in [2.75, 3.05) is 26.2 Å². The molecule has 1 N–H and O–H groups in total. The highest BCUT2D eigenvalue weighted by Gasteiger charge is 2.14. The molecule has 0 saturated carbocycles. The van der Waals surface area contributed by atoms with Gasteiger partial charge in [-0.1, -0.05) is 6.42 Å². The molecule has 0 radical (unpaired) electrons. The molecule has 3 heterocycles. The van der Waals surface area contributed by atoms with Crippen LogP contribution in [0.15, 0.2) is 21.7 Å². The van der Waals surface area contributed by atoms with Gasteiger partial charge in [0.25, 0.3) is 11.5 Å². The zero-order valence-electron chi connectivity index (χ0n) is 15.3. The lowest BCUT2D eigenvalue weighted by Crippen LogP contribution is -2.37. The van der Waals surface area contributed by atoms with Gasteiger partial charge in [0.15, 0.2) is 0 Å². The molecule has 3 rings (SSSR count). The van der Waals surface area contributed by atoms with Gasteiger partial charge < -0.3 is 10.2 Å². The second kappa shape index (κ2) is 7.82. The zero-order chi connectivity index (χ0) is 18.7. The highest BCUT2D eigenvalue weighted by molar-refractivity contribution is 5.94. The van der Waals surface area contributed by atoms with Crippen molar-refractivity contribution in [2.24, 2.45) is 14.1 Å². The van der Waals surface area contributed by atoms with Crippen LogP contribution >= 0.6 is 0 Å². The molecule has 1 aliphatic heterocycles. The maximum atomic E-state index is 12.3. The van der Waals surface area contributed by atoms with Crippen molar-refractivity contribution in [1.29, 1.82) is 0 Å². The summed E-state index contributed by atoms with van der Waals surface area (Å²) in [4.78, 5) is 43.2. The summed E-state index contributed by atoms with van der Waals surface area (Å²) >= 11 is 0. The first kappa shape index (κ1) is 18.3. The predicted octanol–water partition coefficient (Wildman–Crippen LogP) is 0.238. The molecule has 0 unspecified atom stereocenters. The molecule has 0 aliphatic carbocycles. The molecule has 0 atom stereocenters. The van der Waals surface area contributed by atoms with Crippen LogP contribution in [0.2, 0.25) is 0 Å². The third-order valence-corrected chi connectivity index (χ3v) is 4.92. The monoisotopic (exact) mass is 359 g/mol. The summed E-state index contributed by atoms with van der Waals surface area (Å²) in [5, 5.41) is 3.18. The van der Waals surface area contributed by atoms with Gasteiger partial charge in [0.2, 0.25) is 0 Å². The summed E-state index contributed by atoms with van der Waals surface area (Å²) in [5.74, 6) is -0.293. The Labute approximate surface area is 151 Å². The SMILES string of the molecule is Cn1c(=O)c2ccc(C(=O)NCCCN3CCCCC3)nc2n(C)c1=O. The van der Waals surface area contributed by atoms with Crippen LogP contribution in [0.3, 0.4) is 0 Å². The lowest BCUT2D eigenvalue weighted by atomic mass is 10.1. The van der Waals surface area contributed by atoms with E-state index in [1.807, 2.05) is 0 Å². The number of nitrogens with one attached hydrogen (secondary N) is 1. The molecule has 0 spiro atoms. The summed E-state index contributed by atoms with van der Waals surface area (Å²) in [6.07, 6.45) is 4.71. The summed E-state index contributed by atoms with van der Waals surface area (Å²) < 4.78 is 2.31. The van der Waals surface area contributed by atoms with E-state index >= 15 is 0 Å². The molecule has 8 heteroatoms. The second-order valence-corrected chi connectivity index (χ2v) is 6.79. The van der Waals surface area contributed by atoms with E-state index in [1.54, 1.807) is 6.07 Å². The first-order chi connectivity index (χ1) is 12.5.